The molecule has 0 saturated carbocycles. The smallest absolute Gasteiger partial charge is 0.220 e. The summed E-state index contributed by atoms with van der Waals surface area (Å²) in [4.78, 5) is 11.4. The zero-order valence-electron chi connectivity index (χ0n) is 9.95. The molecule has 4 heteroatoms. The molecule has 1 aromatic rings. The van der Waals surface area contributed by atoms with Gasteiger partial charge in [-0.15, -0.1) is 0 Å². The number of carbonyl (C=O) groups excluding carboxylic acids is 1. The number of hydrogen-bond donors (Lipinski definition) is 2. The maximum absolute atomic E-state index is 12.9. The molecule has 0 fully saturated rings. The molecule has 1 aromatic carbocycles. The highest BCUT2D eigenvalue weighted by atomic mass is 19.1. The third kappa shape index (κ3) is 6.02. The summed E-state index contributed by atoms with van der Waals surface area (Å²) in [6.07, 6.45) is 1.01. The van der Waals surface area contributed by atoms with Gasteiger partial charge in [-0.05, 0) is 37.5 Å². The van der Waals surface area contributed by atoms with E-state index in [1.807, 2.05) is 0 Å². The summed E-state index contributed by atoms with van der Waals surface area (Å²) in [5.41, 5.74) is 0.815. The number of nitrogens with one attached hydrogen (secondary N) is 1. The summed E-state index contributed by atoms with van der Waals surface area (Å²) in [7, 11) is 0. The van der Waals surface area contributed by atoms with Crippen LogP contribution in [0.5, 0.6) is 0 Å². The van der Waals surface area contributed by atoms with Crippen LogP contribution in [0.25, 0.3) is 0 Å². The number of aliphatic hydroxyl groups excluding tert-OH is 1. The van der Waals surface area contributed by atoms with Crippen molar-refractivity contribution in [2.24, 2.45) is 0 Å². The second kappa shape index (κ2) is 7.01. The first kappa shape index (κ1) is 13.6. The first-order valence-corrected chi connectivity index (χ1v) is 5.77. The fourth-order valence-corrected chi connectivity index (χ4v) is 1.46. The standard InChI is InChI=1S/C13H18FNO2/c1-10(16)7-8-15-13(17)6-5-11-3-2-4-12(14)9-11/h2-4,9-10,16H,5-8H2,1H3,(H,15,17). The van der Waals surface area contributed by atoms with Crippen LogP contribution in [0.2, 0.25) is 0 Å². The number of aryl methyl sites for hydroxylation is 1. The largest absolute Gasteiger partial charge is 0.393 e. The lowest BCUT2D eigenvalue weighted by Gasteiger charge is -2.06. The van der Waals surface area contributed by atoms with Crippen molar-refractivity contribution in [3.8, 4) is 0 Å². The van der Waals surface area contributed by atoms with Crippen LogP contribution in [0, 0.1) is 5.82 Å². The first-order valence-electron chi connectivity index (χ1n) is 5.77. The van der Waals surface area contributed by atoms with Crippen LogP contribution < -0.4 is 5.32 Å². The van der Waals surface area contributed by atoms with E-state index in [9.17, 15) is 9.18 Å². The van der Waals surface area contributed by atoms with Crippen LogP contribution >= 0.6 is 0 Å². The molecule has 0 bridgehead atoms. The average molecular weight is 239 g/mol. The molecule has 0 aromatic heterocycles. The minimum atomic E-state index is -0.404. The molecule has 0 aliphatic carbocycles. The summed E-state index contributed by atoms with van der Waals surface area (Å²) in [5, 5.41) is 11.7. The van der Waals surface area contributed by atoms with Gasteiger partial charge in [-0.1, -0.05) is 12.1 Å². The lowest BCUT2D eigenvalue weighted by molar-refractivity contribution is -0.121. The molecule has 1 atom stereocenters. The monoisotopic (exact) mass is 239 g/mol. The number of carbonyl (C=O) groups is 1. The average Bonchev–Trinajstić information content (AvgIpc) is 2.26. The van der Waals surface area contributed by atoms with Crippen molar-refractivity contribution in [3.63, 3.8) is 0 Å². The highest BCUT2D eigenvalue weighted by Gasteiger charge is 2.03. The SMILES string of the molecule is CC(O)CCNC(=O)CCc1cccc(F)c1. The van der Waals surface area contributed by atoms with E-state index in [-0.39, 0.29) is 11.7 Å². The van der Waals surface area contributed by atoms with Gasteiger partial charge in [0.1, 0.15) is 5.82 Å². The van der Waals surface area contributed by atoms with E-state index in [4.69, 9.17) is 5.11 Å². The van der Waals surface area contributed by atoms with Gasteiger partial charge >= 0.3 is 0 Å². The van der Waals surface area contributed by atoms with Gasteiger partial charge in [-0.25, -0.2) is 4.39 Å². The summed E-state index contributed by atoms with van der Waals surface area (Å²) >= 11 is 0. The second-order valence-corrected chi connectivity index (χ2v) is 4.12. The van der Waals surface area contributed by atoms with Gasteiger partial charge in [0.2, 0.25) is 5.91 Å². The van der Waals surface area contributed by atoms with Gasteiger partial charge in [-0.3, -0.25) is 4.79 Å². The Hall–Kier alpha value is -1.42. The normalized spacial score (nSPS) is 12.2. The van der Waals surface area contributed by atoms with Gasteiger partial charge in [0, 0.05) is 13.0 Å². The summed E-state index contributed by atoms with van der Waals surface area (Å²) in [6.45, 7) is 2.15. The predicted octanol–water partition coefficient (Wildman–Crippen LogP) is 1.65. The van der Waals surface area contributed by atoms with Crippen molar-refractivity contribution >= 4 is 5.91 Å². The Kier molecular flexibility index (Phi) is 5.63. The van der Waals surface area contributed by atoms with Crippen molar-refractivity contribution in [1.29, 1.82) is 0 Å². The first-order chi connectivity index (χ1) is 8.08. The predicted molar refractivity (Wildman–Crippen MR) is 64.0 cm³/mol. The Morgan fingerprint density at radius 3 is 2.94 bits per heavy atom. The quantitative estimate of drug-likeness (QED) is 0.793. The van der Waals surface area contributed by atoms with E-state index in [0.717, 1.165) is 5.56 Å². The Morgan fingerprint density at radius 2 is 2.29 bits per heavy atom. The third-order valence-electron chi connectivity index (χ3n) is 2.41. The van der Waals surface area contributed by atoms with E-state index >= 15 is 0 Å². The summed E-state index contributed by atoms with van der Waals surface area (Å²) in [6, 6.07) is 6.25. The molecule has 0 aliphatic rings. The molecular weight excluding hydrogens is 221 g/mol. The van der Waals surface area contributed by atoms with Crippen LogP contribution in [0.1, 0.15) is 25.3 Å². The second-order valence-electron chi connectivity index (χ2n) is 4.12. The number of rotatable bonds is 6. The van der Waals surface area contributed by atoms with E-state index in [1.165, 1.54) is 12.1 Å². The van der Waals surface area contributed by atoms with Gasteiger partial charge in [0.15, 0.2) is 0 Å². The van der Waals surface area contributed by atoms with Crippen LogP contribution in [0.4, 0.5) is 4.39 Å². The van der Waals surface area contributed by atoms with Crippen molar-refractivity contribution in [1.82, 2.24) is 5.32 Å². The molecule has 1 unspecified atom stereocenters. The molecule has 0 spiro atoms. The molecule has 1 rings (SSSR count). The fraction of sp³-hybridized carbons (Fsp3) is 0.462. The van der Waals surface area contributed by atoms with Crippen molar-refractivity contribution in [2.75, 3.05) is 6.54 Å². The maximum atomic E-state index is 12.9. The van der Waals surface area contributed by atoms with E-state index in [0.29, 0.717) is 25.8 Å². The molecule has 0 radical (unpaired) electrons. The molecule has 0 heterocycles. The minimum Gasteiger partial charge on any atom is -0.393 e. The van der Waals surface area contributed by atoms with E-state index in [2.05, 4.69) is 5.32 Å². The van der Waals surface area contributed by atoms with Gasteiger partial charge in [0.05, 0.1) is 6.10 Å². The highest BCUT2D eigenvalue weighted by Crippen LogP contribution is 2.05. The van der Waals surface area contributed by atoms with Gasteiger partial charge in [-0.2, -0.15) is 0 Å². The molecule has 94 valence electrons. The zero-order chi connectivity index (χ0) is 12.7. The molecule has 3 nitrogen and oxygen atoms in total. The lowest BCUT2D eigenvalue weighted by atomic mass is 10.1. The van der Waals surface area contributed by atoms with Gasteiger partial charge < -0.3 is 10.4 Å². The van der Waals surface area contributed by atoms with E-state index in [1.54, 1.807) is 19.1 Å². The van der Waals surface area contributed by atoms with Gasteiger partial charge in [0.25, 0.3) is 0 Å². The Bertz CT molecular complexity index is 366. The molecule has 17 heavy (non-hydrogen) atoms. The Morgan fingerprint density at radius 1 is 1.53 bits per heavy atom. The third-order valence-corrected chi connectivity index (χ3v) is 2.41. The summed E-state index contributed by atoms with van der Waals surface area (Å²) in [5.74, 6) is -0.355. The summed E-state index contributed by atoms with van der Waals surface area (Å²) < 4.78 is 12.9. The molecule has 0 saturated heterocycles. The maximum Gasteiger partial charge on any atom is 0.220 e. The number of benzene rings is 1. The zero-order valence-corrected chi connectivity index (χ0v) is 9.95. The van der Waals surface area contributed by atoms with Crippen molar-refractivity contribution in [2.45, 2.75) is 32.3 Å². The topological polar surface area (TPSA) is 49.3 Å². The van der Waals surface area contributed by atoms with Crippen molar-refractivity contribution < 1.29 is 14.3 Å². The fourth-order valence-electron chi connectivity index (χ4n) is 1.46. The van der Waals surface area contributed by atoms with Crippen LogP contribution in [0.15, 0.2) is 24.3 Å². The van der Waals surface area contributed by atoms with Crippen molar-refractivity contribution in [3.05, 3.63) is 35.6 Å². The molecular formula is C13H18FNO2. The number of aliphatic hydroxyl groups is 1. The number of halogens is 1. The Labute approximate surface area is 101 Å². The Balaban J connectivity index is 2.24. The highest BCUT2D eigenvalue weighted by molar-refractivity contribution is 5.76. The lowest BCUT2D eigenvalue weighted by Crippen LogP contribution is -2.26. The minimum absolute atomic E-state index is 0.0742. The molecule has 2 N–H and O–H groups in total. The molecule has 1 amide bonds. The van der Waals surface area contributed by atoms with Crippen LogP contribution in [0.3, 0.4) is 0 Å². The number of amides is 1. The number of hydrogen-bond acceptors (Lipinski definition) is 2. The molecule has 0 aliphatic heterocycles. The van der Waals surface area contributed by atoms with E-state index < -0.39 is 6.10 Å². The van der Waals surface area contributed by atoms with Crippen LogP contribution in [-0.4, -0.2) is 23.7 Å². The van der Waals surface area contributed by atoms with Crippen LogP contribution in [-0.2, 0) is 11.2 Å².